The molecular formula is C10H17NO7S. The maximum Gasteiger partial charge on any atom is 0.326 e. The van der Waals surface area contributed by atoms with Gasteiger partial charge in [-0.15, -0.1) is 0 Å². The fraction of sp³-hybridized carbons (Fsp3) is 0.800. The number of sulfonamides is 1. The minimum atomic E-state index is -4.00. The van der Waals surface area contributed by atoms with Crippen LogP contribution in [0.5, 0.6) is 0 Å². The minimum Gasteiger partial charge on any atom is -0.468 e. The van der Waals surface area contributed by atoms with Crippen molar-refractivity contribution in [3.63, 3.8) is 0 Å². The molecule has 0 bridgehead atoms. The first-order chi connectivity index (χ1) is 8.86. The van der Waals surface area contributed by atoms with Crippen LogP contribution in [0.15, 0.2) is 0 Å². The molecule has 1 rings (SSSR count). The molecule has 19 heavy (non-hydrogen) atoms. The maximum atomic E-state index is 12.3. The second kappa shape index (κ2) is 6.31. The van der Waals surface area contributed by atoms with Crippen LogP contribution in [0.4, 0.5) is 0 Å². The average molecular weight is 295 g/mol. The normalized spacial score (nSPS) is 22.6. The zero-order chi connectivity index (χ0) is 14.6. The van der Waals surface area contributed by atoms with Crippen LogP contribution in [0.1, 0.15) is 6.92 Å². The second-order valence-corrected chi connectivity index (χ2v) is 6.14. The number of morpholine rings is 1. The van der Waals surface area contributed by atoms with Crippen molar-refractivity contribution >= 4 is 22.0 Å². The zero-order valence-electron chi connectivity index (χ0n) is 11.0. The van der Waals surface area contributed by atoms with Crippen LogP contribution in [-0.4, -0.2) is 69.9 Å². The van der Waals surface area contributed by atoms with Crippen molar-refractivity contribution in [2.45, 2.75) is 18.2 Å². The first-order valence-corrected chi connectivity index (χ1v) is 7.10. The first kappa shape index (κ1) is 15.9. The largest absolute Gasteiger partial charge is 0.468 e. The first-order valence-electron chi connectivity index (χ1n) is 5.60. The number of hydrogen-bond acceptors (Lipinski definition) is 7. The molecule has 1 heterocycles. The highest BCUT2D eigenvalue weighted by atomic mass is 32.2. The van der Waals surface area contributed by atoms with Gasteiger partial charge in [-0.25, -0.2) is 8.42 Å². The van der Waals surface area contributed by atoms with Crippen molar-refractivity contribution in [1.29, 1.82) is 0 Å². The van der Waals surface area contributed by atoms with E-state index in [0.717, 1.165) is 18.5 Å². The molecule has 2 unspecified atom stereocenters. The van der Waals surface area contributed by atoms with Crippen molar-refractivity contribution < 1.29 is 32.2 Å². The topological polar surface area (TPSA) is 99.2 Å². The maximum absolute atomic E-state index is 12.3. The standard InChI is InChI=1S/C10H17NO7S/c1-7(9(12)16-2)19(14,15)11-4-5-18-6-8(11)10(13)17-3/h7-8H,4-6H2,1-3H3. The Kier molecular flexibility index (Phi) is 5.27. The molecule has 0 N–H and O–H groups in total. The van der Waals surface area contributed by atoms with Crippen LogP contribution in [0, 0.1) is 0 Å². The fourth-order valence-electron chi connectivity index (χ4n) is 1.71. The van der Waals surface area contributed by atoms with Gasteiger partial charge in [-0.2, -0.15) is 4.31 Å². The van der Waals surface area contributed by atoms with Gasteiger partial charge in [0, 0.05) is 6.54 Å². The van der Waals surface area contributed by atoms with Gasteiger partial charge in [-0.3, -0.25) is 9.59 Å². The summed E-state index contributed by atoms with van der Waals surface area (Å²) in [7, 11) is -1.74. The second-order valence-electron chi connectivity index (χ2n) is 3.93. The van der Waals surface area contributed by atoms with Gasteiger partial charge >= 0.3 is 11.9 Å². The molecule has 8 nitrogen and oxygen atoms in total. The van der Waals surface area contributed by atoms with Gasteiger partial charge in [0.1, 0.15) is 6.04 Å². The van der Waals surface area contributed by atoms with E-state index < -0.39 is 33.3 Å². The van der Waals surface area contributed by atoms with E-state index in [-0.39, 0.29) is 19.8 Å². The molecule has 0 amide bonds. The van der Waals surface area contributed by atoms with Crippen LogP contribution >= 0.6 is 0 Å². The lowest BCUT2D eigenvalue weighted by molar-refractivity contribution is -0.150. The van der Waals surface area contributed by atoms with E-state index in [4.69, 9.17) is 4.74 Å². The Hall–Kier alpha value is -1.19. The van der Waals surface area contributed by atoms with Gasteiger partial charge in [0.25, 0.3) is 0 Å². The molecular weight excluding hydrogens is 278 g/mol. The Bertz CT molecular complexity index is 447. The summed E-state index contributed by atoms with van der Waals surface area (Å²) in [5.74, 6) is -1.60. The van der Waals surface area contributed by atoms with Crippen LogP contribution < -0.4 is 0 Å². The Morgan fingerprint density at radius 3 is 2.47 bits per heavy atom. The van der Waals surface area contributed by atoms with Crippen molar-refractivity contribution in [1.82, 2.24) is 4.31 Å². The predicted octanol–water partition coefficient (Wildman–Crippen LogP) is -1.25. The van der Waals surface area contributed by atoms with E-state index >= 15 is 0 Å². The Labute approximate surface area is 111 Å². The van der Waals surface area contributed by atoms with Crippen molar-refractivity contribution in [2.75, 3.05) is 34.0 Å². The lowest BCUT2D eigenvalue weighted by atomic mass is 10.3. The molecule has 0 spiro atoms. The van der Waals surface area contributed by atoms with E-state index in [1.807, 2.05) is 0 Å². The fourth-order valence-corrected chi connectivity index (χ4v) is 3.28. The Morgan fingerprint density at radius 2 is 1.95 bits per heavy atom. The number of nitrogens with zero attached hydrogens (tertiary/aromatic N) is 1. The lowest BCUT2D eigenvalue weighted by Crippen LogP contribution is -2.56. The van der Waals surface area contributed by atoms with Crippen molar-refractivity contribution in [2.24, 2.45) is 0 Å². The summed E-state index contributed by atoms with van der Waals surface area (Å²) in [6.07, 6.45) is 0. The molecule has 0 aromatic carbocycles. The Balaban J connectivity index is 3.02. The number of hydrogen-bond donors (Lipinski definition) is 0. The smallest absolute Gasteiger partial charge is 0.326 e. The van der Waals surface area contributed by atoms with Crippen LogP contribution in [0.25, 0.3) is 0 Å². The van der Waals surface area contributed by atoms with Crippen molar-refractivity contribution in [3.05, 3.63) is 0 Å². The quantitative estimate of drug-likeness (QED) is 0.597. The number of rotatable bonds is 4. The van der Waals surface area contributed by atoms with E-state index in [2.05, 4.69) is 9.47 Å². The number of esters is 2. The molecule has 1 saturated heterocycles. The summed E-state index contributed by atoms with van der Waals surface area (Å²) in [5.41, 5.74) is 0. The molecule has 9 heteroatoms. The molecule has 0 aromatic heterocycles. The third kappa shape index (κ3) is 3.23. The van der Waals surface area contributed by atoms with Crippen LogP contribution in [-0.2, 0) is 33.8 Å². The molecule has 1 aliphatic rings. The monoisotopic (exact) mass is 295 g/mol. The lowest BCUT2D eigenvalue weighted by Gasteiger charge is -2.33. The molecule has 0 aliphatic carbocycles. The molecule has 2 atom stereocenters. The zero-order valence-corrected chi connectivity index (χ0v) is 11.8. The summed E-state index contributed by atoms with van der Waals surface area (Å²) >= 11 is 0. The molecule has 0 radical (unpaired) electrons. The highest BCUT2D eigenvalue weighted by Crippen LogP contribution is 2.18. The summed E-state index contributed by atoms with van der Waals surface area (Å²) < 4.78 is 39.5. The van der Waals surface area contributed by atoms with Gasteiger partial charge in [0.05, 0.1) is 27.4 Å². The average Bonchev–Trinajstić information content (AvgIpc) is 2.44. The summed E-state index contributed by atoms with van der Waals surface area (Å²) in [6, 6.07) is -1.07. The number of ether oxygens (including phenoxy) is 3. The summed E-state index contributed by atoms with van der Waals surface area (Å²) in [4.78, 5) is 22.9. The highest BCUT2D eigenvalue weighted by molar-refractivity contribution is 7.90. The van der Waals surface area contributed by atoms with Gasteiger partial charge in [-0.05, 0) is 6.92 Å². The molecule has 1 fully saturated rings. The van der Waals surface area contributed by atoms with Gasteiger partial charge in [0.15, 0.2) is 5.25 Å². The van der Waals surface area contributed by atoms with E-state index in [1.54, 1.807) is 0 Å². The molecule has 110 valence electrons. The summed E-state index contributed by atoms with van der Waals surface area (Å²) in [5, 5.41) is -1.39. The molecule has 1 aliphatic heterocycles. The minimum absolute atomic E-state index is 0.0105. The van der Waals surface area contributed by atoms with Gasteiger partial charge in [-0.1, -0.05) is 0 Å². The Morgan fingerprint density at radius 1 is 1.32 bits per heavy atom. The molecule has 0 aromatic rings. The van der Waals surface area contributed by atoms with E-state index in [1.165, 1.54) is 6.92 Å². The predicted molar refractivity (Wildman–Crippen MR) is 63.7 cm³/mol. The molecule has 0 saturated carbocycles. The number of carbonyl (C=O) groups excluding carboxylic acids is 2. The SMILES string of the molecule is COC(=O)C1COCCN1S(=O)(=O)C(C)C(=O)OC. The third-order valence-corrected chi connectivity index (χ3v) is 5.04. The van der Waals surface area contributed by atoms with Gasteiger partial charge < -0.3 is 14.2 Å². The van der Waals surface area contributed by atoms with Crippen LogP contribution in [0.2, 0.25) is 0 Å². The number of methoxy groups -OCH3 is 2. The van der Waals surface area contributed by atoms with Crippen LogP contribution in [0.3, 0.4) is 0 Å². The van der Waals surface area contributed by atoms with Crippen molar-refractivity contribution in [3.8, 4) is 0 Å². The summed E-state index contributed by atoms with van der Waals surface area (Å²) in [6.45, 7) is 1.26. The van der Waals surface area contributed by atoms with Gasteiger partial charge in [0.2, 0.25) is 10.0 Å². The highest BCUT2D eigenvalue weighted by Gasteiger charge is 2.43. The van der Waals surface area contributed by atoms with E-state index in [0.29, 0.717) is 0 Å². The van der Waals surface area contributed by atoms with E-state index in [9.17, 15) is 18.0 Å². The third-order valence-electron chi connectivity index (χ3n) is 2.86. The number of carbonyl (C=O) groups is 2.